The highest BCUT2D eigenvalue weighted by atomic mass is 32.2. The number of likely N-dealkylation sites (N-methyl/N-ethyl adjacent to an activating group) is 2. The van der Waals surface area contributed by atoms with Crippen molar-refractivity contribution >= 4 is 21.6 Å². The molecule has 0 aliphatic carbocycles. The van der Waals surface area contributed by atoms with Crippen molar-refractivity contribution in [1.82, 2.24) is 9.62 Å². The molecule has 1 N–H and O–H groups in total. The number of nitro benzene ring substituents is 1. The van der Waals surface area contributed by atoms with Crippen LogP contribution in [0.4, 0.5) is 5.69 Å². The highest BCUT2D eigenvalue weighted by Crippen LogP contribution is 2.27. The number of aryl methyl sites for hydroxylation is 1. The van der Waals surface area contributed by atoms with Gasteiger partial charge >= 0.3 is 0 Å². The predicted octanol–water partition coefficient (Wildman–Crippen LogP) is 1.36. The van der Waals surface area contributed by atoms with Crippen LogP contribution in [0.2, 0.25) is 0 Å². The molecule has 0 radical (unpaired) electrons. The Morgan fingerprint density at radius 2 is 1.91 bits per heavy atom. The summed E-state index contributed by atoms with van der Waals surface area (Å²) in [7, 11) is -3.99. The quantitative estimate of drug-likeness (QED) is 0.594. The number of nitrogens with zero attached hydrogens (tertiary/aromatic N) is 2. The molecule has 8 nitrogen and oxygen atoms in total. The van der Waals surface area contributed by atoms with Gasteiger partial charge in [0.25, 0.3) is 5.69 Å². The second kappa shape index (κ2) is 7.51. The number of amides is 1. The molecular weight excluding hydrogens is 322 g/mol. The lowest BCUT2D eigenvalue weighted by atomic mass is 10.1. The Balaban J connectivity index is 3.31. The Kier molecular flexibility index (Phi) is 6.22. The summed E-state index contributed by atoms with van der Waals surface area (Å²) in [4.78, 5) is 22.0. The smallest absolute Gasteiger partial charge is 0.273 e. The first kappa shape index (κ1) is 19.0. The first-order valence-electron chi connectivity index (χ1n) is 7.17. The van der Waals surface area contributed by atoms with Gasteiger partial charge in [0.2, 0.25) is 15.9 Å². The molecule has 9 heteroatoms. The summed E-state index contributed by atoms with van der Waals surface area (Å²) in [5.41, 5.74) is 0.671. The lowest BCUT2D eigenvalue weighted by molar-refractivity contribution is -0.385. The zero-order valence-electron chi connectivity index (χ0n) is 13.6. The standard InChI is InChI=1S/C14H21N3O5S/c1-5-15-14(18)9-16(6-2)23(21,22)12-7-10(3)11(4)13(8-12)17(19)20/h7-8H,5-6,9H2,1-4H3,(H,15,18). The number of nitrogens with one attached hydrogen (secondary N) is 1. The molecule has 0 atom stereocenters. The molecule has 0 aromatic heterocycles. The summed E-state index contributed by atoms with van der Waals surface area (Å²) in [6, 6.07) is 2.43. The summed E-state index contributed by atoms with van der Waals surface area (Å²) in [6.07, 6.45) is 0. The van der Waals surface area contributed by atoms with E-state index in [1.807, 2.05) is 0 Å². The average Bonchev–Trinajstić information content (AvgIpc) is 2.46. The molecule has 0 bridgehead atoms. The lowest BCUT2D eigenvalue weighted by Gasteiger charge is -2.20. The van der Waals surface area contributed by atoms with Crippen LogP contribution < -0.4 is 5.32 Å². The second-order valence-corrected chi connectivity index (χ2v) is 6.96. The van der Waals surface area contributed by atoms with Crippen LogP contribution in [0, 0.1) is 24.0 Å². The van der Waals surface area contributed by atoms with E-state index in [0.717, 1.165) is 10.4 Å². The van der Waals surface area contributed by atoms with Gasteiger partial charge in [0.05, 0.1) is 16.4 Å². The molecule has 0 heterocycles. The van der Waals surface area contributed by atoms with Crippen molar-refractivity contribution in [2.24, 2.45) is 0 Å². The molecule has 0 unspecified atom stereocenters. The highest BCUT2D eigenvalue weighted by Gasteiger charge is 2.28. The summed E-state index contributed by atoms with van der Waals surface area (Å²) >= 11 is 0. The Labute approximate surface area is 135 Å². The molecule has 1 aromatic carbocycles. The molecule has 0 saturated heterocycles. The van der Waals surface area contributed by atoms with Crippen LogP contribution in [-0.2, 0) is 14.8 Å². The highest BCUT2D eigenvalue weighted by molar-refractivity contribution is 7.89. The van der Waals surface area contributed by atoms with Gasteiger partial charge in [0, 0.05) is 24.7 Å². The Morgan fingerprint density at radius 1 is 1.30 bits per heavy atom. The second-order valence-electron chi connectivity index (χ2n) is 5.03. The Bertz CT molecular complexity index is 715. The van der Waals surface area contributed by atoms with Crippen molar-refractivity contribution in [2.75, 3.05) is 19.6 Å². The van der Waals surface area contributed by atoms with E-state index in [9.17, 15) is 23.3 Å². The van der Waals surface area contributed by atoms with E-state index < -0.39 is 20.9 Å². The minimum Gasteiger partial charge on any atom is -0.355 e. The molecule has 0 saturated carbocycles. The Hall–Kier alpha value is -2.00. The number of nitro groups is 1. The van der Waals surface area contributed by atoms with Gasteiger partial charge in [-0.25, -0.2) is 8.42 Å². The minimum atomic E-state index is -3.99. The van der Waals surface area contributed by atoms with Crippen LogP contribution in [0.25, 0.3) is 0 Å². The zero-order valence-corrected chi connectivity index (χ0v) is 14.4. The molecule has 0 aliphatic heterocycles. The normalized spacial score (nSPS) is 11.5. The zero-order chi connectivity index (χ0) is 17.8. The molecule has 1 amide bonds. The van der Waals surface area contributed by atoms with Crippen LogP contribution in [0.15, 0.2) is 17.0 Å². The number of rotatable bonds is 7. The maximum atomic E-state index is 12.7. The largest absolute Gasteiger partial charge is 0.355 e. The van der Waals surface area contributed by atoms with Gasteiger partial charge in [-0.2, -0.15) is 4.31 Å². The first-order chi connectivity index (χ1) is 10.6. The van der Waals surface area contributed by atoms with Crippen molar-refractivity contribution < 1.29 is 18.1 Å². The fourth-order valence-corrected chi connectivity index (χ4v) is 3.59. The fraction of sp³-hybridized carbons (Fsp3) is 0.500. The van der Waals surface area contributed by atoms with Crippen molar-refractivity contribution in [2.45, 2.75) is 32.6 Å². The summed E-state index contributed by atoms with van der Waals surface area (Å²) in [5, 5.41) is 13.6. The monoisotopic (exact) mass is 343 g/mol. The van der Waals surface area contributed by atoms with Crippen molar-refractivity contribution in [3.05, 3.63) is 33.4 Å². The predicted molar refractivity (Wildman–Crippen MR) is 85.7 cm³/mol. The van der Waals surface area contributed by atoms with E-state index in [2.05, 4.69) is 5.32 Å². The molecular formula is C14H21N3O5S. The molecule has 0 spiro atoms. The van der Waals surface area contributed by atoms with E-state index in [1.165, 1.54) is 6.07 Å². The average molecular weight is 343 g/mol. The van der Waals surface area contributed by atoms with Crippen LogP contribution in [0.3, 0.4) is 0 Å². The summed E-state index contributed by atoms with van der Waals surface area (Å²) in [6.45, 7) is 6.67. The maximum absolute atomic E-state index is 12.7. The SMILES string of the molecule is CCNC(=O)CN(CC)S(=O)(=O)c1cc(C)c(C)c([N+](=O)[O-])c1. The van der Waals surface area contributed by atoms with Gasteiger partial charge in [0.1, 0.15) is 0 Å². The van der Waals surface area contributed by atoms with Gasteiger partial charge in [-0.3, -0.25) is 14.9 Å². The molecule has 0 fully saturated rings. The number of carbonyl (C=O) groups is 1. The van der Waals surface area contributed by atoms with E-state index in [-0.39, 0.29) is 23.7 Å². The number of hydrogen-bond donors (Lipinski definition) is 1. The van der Waals surface area contributed by atoms with Crippen LogP contribution in [0.1, 0.15) is 25.0 Å². The van der Waals surface area contributed by atoms with E-state index in [0.29, 0.717) is 17.7 Å². The summed E-state index contributed by atoms with van der Waals surface area (Å²) in [5.74, 6) is -0.420. The molecule has 0 aliphatic rings. The Morgan fingerprint density at radius 3 is 2.39 bits per heavy atom. The van der Waals surface area contributed by atoms with Crippen molar-refractivity contribution in [1.29, 1.82) is 0 Å². The summed E-state index contributed by atoms with van der Waals surface area (Å²) < 4.78 is 26.3. The molecule has 1 aromatic rings. The third kappa shape index (κ3) is 4.26. The third-order valence-corrected chi connectivity index (χ3v) is 5.39. The lowest BCUT2D eigenvalue weighted by Crippen LogP contribution is -2.40. The van der Waals surface area contributed by atoms with Crippen molar-refractivity contribution in [3.8, 4) is 0 Å². The minimum absolute atomic E-state index is 0.0835. The van der Waals surface area contributed by atoms with Gasteiger partial charge in [-0.15, -0.1) is 0 Å². The van der Waals surface area contributed by atoms with Gasteiger partial charge < -0.3 is 5.32 Å². The first-order valence-corrected chi connectivity index (χ1v) is 8.61. The van der Waals surface area contributed by atoms with Gasteiger partial charge in [0.15, 0.2) is 0 Å². The van der Waals surface area contributed by atoms with Crippen LogP contribution in [0.5, 0.6) is 0 Å². The van der Waals surface area contributed by atoms with Gasteiger partial charge in [-0.1, -0.05) is 6.92 Å². The number of hydrogen-bond acceptors (Lipinski definition) is 5. The maximum Gasteiger partial charge on any atom is 0.273 e. The topological polar surface area (TPSA) is 110 Å². The van der Waals surface area contributed by atoms with E-state index in [4.69, 9.17) is 0 Å². The fourth-order valence-electron chi connectivity index (χ4n) is 2.08. The number of benzene rings is 1. The molecule has 23 heavy (non-hydrogen) atoms. The number of sulfonamides is 1. The van der Waals surface area contributed by atoms with Crippen LogP contribution in [-0.4, -0.2) is 43.2 Å². The van der Waals surface area contributed by atoms with Crippen LogP contribution >= 0.6 is 0 Å². The molecule has 128 valence electrons. The van der Waals surface area contributed by atoms with E-state index >= 15 is 0 Å². The third-order valence-electron chi connectivity index (χ3n) is 3.49. The van der Waals surface area contributed by atoms with Crippen molar-refractivity contribution in [3.63, 3.8) is 0 Å². The van der Waals surface area contributed by atoms with Gasteiger partial charge in [-0.05, 0) is 32.4 Å². The number of carbonyl (C=O) groups excluding carboxylic acids is 1. The molecule has 1 rings (SSSR count). The van der Waals surface area contributed by atoms with E-state index in [1.54, 1.807) is 27.7 Å².